The molecular weight excluding hydrogens is 735 g/mol. The van der Waals surface area contributed by atoms with Gasteiger partial charge >= 0.3 is 5.97 Å². The van der Waals surface area contributed by atoms with E-state index in [9.17, 15) is 4.79 Å². The van der Waals surface area contributed by atoms with Crippen molar-refractivity contribution in [2.45, 2.75) is 200 Å². The first-order valence-electron chi connectivity index (χ1n) is 20.7. The van der Waals surface area contributed by atoms with Crippen molar-refractivity contribution in [2.75, 3.05) is 13.3 Å². The van der Waals surface area contributed by atoms with Gasteiger partial charge in [0.05, 0.1) is 11.8 Å². The number of aromatic nitrogens is 2. The van der Waals surface area contributed by atoms with Crippen LogP contribution in [0.1, 0.15) is 142 Å². The van der Waals surface area contributed by atoms with Crippen LogP contribution in [0.25, 0.3) is 0 Å². The summed E-state index contributed by atoms with van der Waals surface area (Å²) in [7, 11) is -5.82. The number of allylic oxidation sites excluding steroid dienone is 1. The number of ether oxygens (including phenoxy) is 1. The molecule has 1 aromatic heterocycles. The van der Waals surface area contributed by atoms with Crippen LogP contribution in [0, 0.1) is 11.8 Å². The molecule has 0 saturated carbocycles. The first-order valence-corrected chi connectivity index (χ1v) is 29.5. The van der Waals surface area contributed by atoms with E-state index in [0.717, 1.165) is 43.5 Å². The van der Waals surface area contributed by atoms with Gasteiger partial charge in [-0.15, -0.1) is 5.92 Å². The highest BCUT2D eigenvalue weighted by Gasteiger charge is 2.40. The lowest BCUT2D eigenvalue weighted by Gasteiger charge is -2.38. The maximum absolute atomic E-state index is 13.8. The molecule has 1 aromatic rings. The fourth-order valence-corrected chi connectivity index (χ4v) is 9.40. The third kappa shape index (κ3) is 14.1. The highest BCUT2D eigenvalue weighted by Crippen LogP contribution is 2.39. The number of nitrogens with zero attached hydrogens (tertiary/aromatic N) is 3. The lowest BCUT2D eigenvalue weighted by molar-refractivity contribution is 0.0545. The molecule has 8 nitrogen and oxygen atoms in total. The molecule has 0 N–H and O–H groups in total. The number of carbonyl (C=O) groups is 1. The van der Waals surface area contributed by atoms with Crippen molar-refractivity contribution in [2.24, 2.45) is 4.99 Å². The van der Waals surface area contributed by atoms with Gasteiger partial charge in [0.2, 0.25) is 5.62 Å². The summed E-state index contributed by atoms with van der Waals surface area (Å²) in [5.74, 6) is 6.47. The lowest BCUT2D eigenvalue weighted by atomic mass is 10.0. The van der Waals surface area contributed by atoms with E-state index in [1.807, 2.05) is 0 Å². The van der Waals surface area contributed by atoms with Crippen LogP contribution in [0.2, 0.25) is 54.4 Å². The topological polar surface area (TPSA) is 84.2 Å². The van der Waals surface area contributed by atoms with Crippen molar-refractivity contribution in [3.63, 3.8) is 0 Å². The molecule has 55 heavy (non-hydrogen) atoms. The van der Waals surface area contributed by atoms with Crippen LogP contribution >= 0.6 is 0 Å². The first kappa shape index (κ1) is 49.1. The molecule has 0 saturated heterocycles. The molecule has 1 aliphatic heterocycles. The van der Waals surface area contributed by atoms with Gasteiger partial charge in [-0.2, -0.15) is 0 Å². The van der Waals surface area contributed by atoms with Crippen molar-refractivity contribution in [3.8, 4) is 11.8 Å². The lowest BCUT2D eigenvalue weighted by Crippen LogP contribution is -2.43. The zero-order chi connectivity index (χ0) is 42.0. The number of hydrogen-bond acceptors (Lipinski definition) is 7. The van der Waals surface area contributed by atoms with E-state index in [-0.39, 0.29) is 52.7 Å². The third-order valence-electron chi connectivity index (χ3n) is 12.4. The monoisotopic (exact) mass is 814 g/mol. The molecule has 1 aliphatic rings. The highest BCUT2D eigenvalue weighted by atomic mass is 28.4. The Balaban J connectivity index is 2.48. The van der Waals surface area contributed by atoms with Crippen LogP contribution in [0.4, 0.5) is 0 Å². The standard InChI is InChI=1S/C44H79N3O5Si3/c1-19-32-49-40(48)39-37(29-25-26-34(3)51-54(15,16)43(7,8)9)46-41(45-33-50-53(13,14)42(4,5)6)47-35(30-31-38(39)47)27-23-21-22-24-28-36(20-2)52-55(17,18)44(10,11)12/h19,24,28,34-36H,1,20,22,25-27,29-33H2,2-18H3/b28-24-,45-41+/t34-,35-,36+/m1/s1. The highest BCUT2D eigenvalue weighted by molar-refractivity contribution is 6.74. The van der Waals surface area contributed by atoms with Crippen molar-refractivity contribution in [3.05, 3.63) is 47.4 Å². The second-order valence-corrected chi connectivity index (χ2v) is 34.2. The van der Waals surface area contributed by atoms with Crippen molar-refractivity contribution < 1.29 is 22.8 Å². The summed E-state index contributed by atoms with van der Waals surface area (Å²) in [6.45, 7) is 42.5. The number of hydrogen-bond donors (Lipinski definition) is 0. The zero-order valence-electron chi connectivity index (χ0n) is 38.1. The molecule has 0 unspecified atom stereocenters. The molecule has 0 bridgehead atoms. The fourth-order valence-electron chi connectivity index (χ4n) is 5.75. The summed E-state index contributed by atoms with van der Waals surface area (Å²) in [4.78, 5) is 23.9. The Morgan fingerprint density at radius 3 is 2.13 bits per heavy atom. The van der Waals surface area contributed by atoms with Crippen LogP contribution in [-0.4, -0.2) is 66.0 Å². The van der Waals surface area contributed by atoms with Crippen LogP contribution < -0.4 is 5.62 Å². The van der Waals surface area contributed by atoms with Crippen molar-refractivity contribution in [1.82, 2.24) is 9.55 Å². The Morgan fingerprint density at radius 1 is 0.964 bits per heavy atom. The van der Waals surface area contributed by atoms with Crippen LogP contribution in [0.3, 0.4) is 0 Å². The Bertz CT molecular complexity index is 1600. The average Bonchev–Trinajstić information content (AvgIpc) is 3.46. The molecule has 0 amide bonds. The molecule has 11 heteroatoms. The second-order valence-electron chi connectivity index (χ2n) is 19.9. The Morgan fingerprint density at radius 2 is 1.56 bits per heavy atom. The van der Waals surface area contributed by atoms with E-state index in [1.165, 1.54) is 0 Å². The normalized spacial score (nSPS) is 17.2. The van der Waals surface area contributed by atoms with Crippen LogP contribution in [0.15, 0.2) is 29.8 Å². The predicted octanol–water partition coefficient (Wildman–Crippen LogP) is 11.5. The predicted molar refractivity (Wildman–Crippen MR) is 238 cm³/mol. The Hall–Kier alpha value is -2.08. The van der Waals surface area contributed by atoms with E-state index in [0.29, 0.717) is 30.4 Å². The van der Waals surface area contributed by atoms with Gasteiger partial charge in [0.25, 0.3) is 0 Å². The smallest absolute Gasteiger partial charge is 0.342 e. The summed E-state index contributed by atoms with van der Waals surface area (Å²) < 4.78 is 27.6. The number of rotatable bonds is 18. The number of fused-ring (bicyclic) bond motifs is 1. The van der Waals surface area contributed by atoms with Gasteiger partial charge in [-0.25, -0.2) is 14.8 Å². The summed E-state index contributed by atoms with van der Waals surface area (Å²) in [5.41, 5.74) is 2.83. The van der Waals surface area contributed by atoms with Crippen LogP contribution in [-0.2, 0) is 30.9 Å². The summed E-state index contributed by atoms with van der Waals surface area (Å²) in [5, 5.41) is 0.361. The summed E-state index contributed by atoms with van der Waals surface area (Å²) >= 11 is 0. The Kier molecular flexibility index (Phi) is 17.9. The van der Waals surface area contributed by atoms with Gasteiger partial charge in [-0.3, -0.25) is 0 Å². The Labute approximate surface area is 339 Å². The van der Waals surface area contributed by atoms with Crippen molar-refractivity contribution >= 4 is 30.9 Å². The van der Waals surface area contributed by atoms with Gasteiger partial charge in [0.15, 0.2) is 25.0 Å². The second kappa shape index (κ2) is 20.1. The van der Waals surface area contributed by atoms with E-state index in [4.69, 9.17) is 28.0 Å². The summed E-state index contributed by atoms with van der Waals surface area (Å²) in [6, 6.07) is 0.0360. The molecule has 0 radical (unpaired) electrons. The average molecular weight is 814 g/mol. The number of carbonyl (C=O) groups excluding carboxylic acids is 1. The SMILES string of the molecule is C=CCOC(=O)c1c(CCC[C@@H](C)O[Si](C)(C)C(C)(C)C)n/c(=N\CO[Si](C)(C)C(C)(C)C)n2c1CC[C@H]2CC#CC/C=C\[C@H](CC)O[Si](C)(C)C(C)(C)C. The fraction of sp³-hybridized carbons (Fsp3) is 0.750. The van der Waals surface area contributed by atoms with E-state index in [2.05, 4.69) is 151 Å². The number of aryl methyl sites for hydroxylation is 1. The molecule has 312 valence electrons. The molecular formula is C44H79N3O5Si3. The molecule has 0 fully saturated rings. The molecule has 2 heterocycles. The van der Waals surface area contributed by atoms with E-state index in [1.54, 1.807) is 6.08 Å². The summed E-state index contributed by atoms with van der Waals surface area (Å²) in [6.07, 6.45) is 12.3. The first-order chi connectivity index (χ1) is 25.2. The minimum Gasteiger partial charge on any atom is -0.458 e. The van der Waals surface area contributed by atoms with E-state index < -0.39 is 25.0 Å². The van der Waals surface area contributed by atoms with Gasteiger partial charge in [0, 0.05) is 30.7 Å². The van der Waals surface area contributed by atoms with Gasteiger partial charge in [-0.1, -0.05) is 100.0 Å². The van der Waals surface area contributed by atoms with Gasteiger partial charge in [-0.05, 0) is 99.8 Å². The number of esters is 1. The van der Waals surface area contributed by atoms with Crippen LogP contribution in [0.5, 0.6) is 0 Å². The van der Waals surface area contributed by atoms with E-state index >= 15 is 0 Å². The molecule has 2 rings (SSSR count). The largest absolute Gasteiger partial charge is 0.458 e. The molecule has 0 aliphatic carbocycles. The zero-order valence-corrected chi connectivity index (χ0v) is 41.1. The maximum atomic E-state index is 13.8. The molecule has 0 aromatic carbocycles. The minimum absolute atomic E-state index is 0.0360. The maximum Gasteiger partial charge on any atom is 0.342 e. The third-order valence-corrected chi connectivity index (χ3v) is 26.0. The quantitative estimate of drug-likeness (QED) is 0.0635. The minimum atomic E-state index is -2.05. The molecule has 0 spiro atoms. The van der Waals surface area contributed by atoms with Crippen molar-refractivity contribution in [1.29, 1.82) is 0 Å². The molecule has 3 atom stereocenters. The van der Waals surface area contributed by atoms with Gasteiger partial charge in [0.1, 0.15) is 18.9 Å². The van der Waals surface area contributed by atoms with Gasteiger partial charge < -0.3 is 22.6 Å².